The highest BCUT2D eigenvalue weighted by atomic mass is 35.5. The Morgan fingerprint density at radius 2 is 1.58 bits per heavy atom. The number of ether oxygens (including phenoxy) is 1. The number of hydrogen-bond acceptors (Lipinski definition) is 3. The van der Waals surface area contributed by atoms with E-state index < -0.39 is 18.5 Å². The molecule has 24 heavy (non-hydrogen) atoms. The van der Waals surface area contributed by atoms with Crippen LogP contribution in [0.3, 0.4) is 0 Å². The van der Waals surface area contributed by atoms with Gasteiger partial charge in [0.1, 0.15) is 0 Å². The van der Waals surface area contributed by atoms with Gasteiger partial charge in [-0.3, -0.25) is 9.59 Å². The van der Waals surface area contributed by atoms with Crippen molar-refractivity contribution in [1.29, 1.82) is 0 Å². The van der Waals surface area contributed by atoms with Crippen LogP contribution in [0.5, 0.6) is 0 Å². The number of nitrogens with one attached hydrogen (secondary N) is 1. The summed E-state index contributed by atoms with van der Waals surface area (Å²) in [5.74, 6) is -1.05. The van der Waals surface area contributed by atoms with Crippen molar-refractivity contribution >= 4 is 52.4 Å². The second-order valence-corrected chi connectivity index (χ2v) is 6.22. The molecule has 2 aromatic rings. The average molecular weight is 387 g/mol. The van der Waals surface area contributed by atoms with Crippen LogP contribution in [0.2, 0.25) is 15.1 Å². The van der Waals surface area contributed by atoms with Crippen LogP contribution in [0.1, 0.15) is 11.1 Å². The van der Waals surface area contributed by atoms with E-state index in [-0.39, 0.29) is 6.42 Å². The van der Waals surface area contributed by atoms with Crippen molar-refractivity contribution < 1.29 is 14.3 Å². The molecule has 0 aliphatic heterocycles. The maximum Gasteiger partial charge on any atom is 0.310 e. The first-order valence-corrected chi connectivity index (χ1v) is 8.15. The molecule has 0 heterocycles. The zero-order valence-corrected chi connectivity index (χ0v) is 15.0. The van der Waals surface area contributed by atoms with Crippen LogP contribution in [0.15, 0.2) is 36.4 Å². The normalized spacial score (nSPS) is 10.3. The van der Waals surface area contributed by atoms with Crippen LogP contribution in [-0.4, -0.2) is 18.5 Å². The van der Waals surface area contributed by atoms with E-state index in [1.807, 2.05) is 0 Å². The van der Waals surface area contributed by atoms with Gasteiger partial charge in [-0.25, -0.2) is 0 Å². The maximum atomic E-state index is 11.9. The predicted molar refractivity (Wildman–Crippen MR) is 95.9 cm³/mol. The lowest BCUT2D eigenvalue weighted by Crippen LogP contribution is -2.22. The highest BCUT2D eigenvalue weighted by molar-refractivity contribution is 6.36. The molecule has 0 unspecified atom stereocenters. The topological polar surface area (TPSA) is 55.4 Å². The van der Waals surface area contributed by atoms with Crippen LogP contribution in [0.25, 0.3) is 0 Å². The number of amides is 1. The quantitative estimate of drug-likeness (QED) is 0.759. The summed E-state index contributed by atoms with van der Waals surface area (Å²) >= 11 is 18.0. The molecule has 0 atom stereocenters. The van der Waals surface area contributed by atoms with E-state index in [1.165, 1.54) is 0 Å². The largest absolute Gasteiger partial charge is 0.455 e. The molecule has 0 fully saturated rings. The van der Waals surface area contributed by atoms with Gasteiger partial charge in [-0.2, -0.15) is 0 Å². The van der Waals surface area contributed by atoms with Crippen molar-refractivity contribution in [3.05, 3.63) is 62.6 Å². The summed E-state index contributed by atoms with van der Waals surface area (Å²) < 4.78 is 4.96. The summed E-state index contributed by atoms with van der Waals surface area (Å²) in [4.78, 5) is 23.7. The molecule has 7 heteroatoms. The summed E-state index contributed by atoms with van der Waals surface area (Å²) in [7, 11) is 0. The summed E-state index contributed by atoms with van der Waals surface area (Å²) in [6.07, 6.45) is -0.109. The van der Waals surface area contributed by atoms with Gasteiger partial charge in [-0.05, 0) is 36.8 Å². The van der Waals surface area contributed by atoms with E-state index in [2.05, 4.69) is 5.32 Å². The molecule has 2 aromatic carbocycles. The van der Waals surface area contributed by atoms with Crippen molar-refractivity contribution in [2.75, 3.05) is 11.9 Å². The highest BCUT2D eigenvalue weighted by Crippen LogP contribution is 2.25. The van der Waals surface area contributed by atoms with Crippen molar-refractivity contribution in [1.82, 2.24) is 0 Å². The smallest absolute Gasteiger partial charge is 0.310 e. The molecule has 0 aromatic heterocycles. The van der Waals surface area contributed by atoms with Crippen molar-refractivity contribution in [3.8, 4) is 0 Å². The van der Waals surface area contributed by atoms with Gasteiger partial charge in [0.15, 0.2) is 6.61 Å². The Labute approximate surface area is 154 Å². The first-order valence-electron chi connectivity index (χ1n) is 7.02. The van der Waals surface area contributed by atoms with E-state index in [9.17, 15) is 9.59 Å². The summed E-state index contributed by atoms with van der Waals surface area (Å²) in [6, 6.07) is 10.1. The zero-order chi connectivity index (χ0) is 17.7. The fourth-order valence-corrected chi connectivity index (χ4v) is 2.68. The fraction of sp³-hybridized carbons (Fsp3) is 0.176. The molecule has 0 bridgehead atoms. The number of esters is 1. The third-order valence-electron chi connectivity index (χ3n) is 3.29. The third-order valence-corrected chi connectivity index (χ3v) is 4.41. The zero-order valence-electron chi connectivity index (χ0n) is 12.7. The molecule has 0 radical (unpaired) electrons. The van der Waals surface area contributed by atoms with Crippen LogP contribution in [0.4, 0.5) is 5.69 Å². The van der Waals surface area contributed by atoms with Gasteiger partial charge in [-0.1, -0.05) is 46.9 Å². The first kappa shape index (κ1) is 18.6. The number of carbonyl (C=O) groups is 2. The van der Waals surface area contributed by atoms with E-state index >= 15 is 0 Å². The van der Waals surface area contributed by atoms with Crippen molar-refractivity contribution in [2.45, 2.75) is 13.3 Å². The first-order chi connectivity index (χ1) is 11.4. The molecule has 0 aliphatic carbocycles. The second-order valence-electron chi connectivity index (χ2n) is 5.00. The van der Waals surface area contributed by atoms with Crippen molar-refractivity contribution in [2.24, 2.45) is 0 Å². The van der Waals surface area contributed by atoms with E-state index in [0.29, 0.717) is 26.3 Å². The minimum absolute atomic E-state index is 0.109. The number of anilines is 1. The third kappa shape index (κ3) is 4.87. The number of benzene rings is 2. The molecule has 4 nitrogen and oxygen atoms in total. The van der Waals surface area contributed by atoms with Crippen molar-refractivity contribution in [3.63, 3.8) is 0 Å². The summed E-state index contributed by atoms with van der Waals surface area (Å²) in [5.41, 5.74) is 1.77. The monoisotopic (exact) mass is 385 g/mol. The Bertz CT molecular complexity index is 757. The number of rotatable bonds is 5. The molecule has 0 saturated carbocycles. The van der Waals surface area contributed by atoms with Gasteiger partial charge >= 0.3 is 5.97 Å². The molecule has 0 saturated heterocycles. The number of hydrogen-bond donors (Lipinski definition) is 1. The van der Waals surface area contributed by atoms with Gasteiger partial charge in [0, 0.05) is 26.3 Å². The Morgan fingerprint density at radius 1 is 1.00 bits per heavy atom. The predicted octanol–water partition coefficient (Wildman–Crippen LogP) is 4.68. The SMILES string of the molecule is Cc1c(Cl)cccc1NC(=O)COC(=O)Cc1c(Cl)cccc1Cl. The Kier molecular flexibility index (Phi) is 6.49. The molecule has 2 rings (SSSR count). The van der Waals surface area contributed by atoms with Crippen LogP contribution in [0, 0.1) is 6.92 Å². The van der Waals surface area contributed by atoms with E-state index in [4.69, 9.17) is 39.5 Å². The van der Waals surface area contributed by atoms with Crippen LogP contribution in [-0.2, 0) is 20.7 Å². The molecule has 1 N–H and O–H groups in total. The lowest BCUT2D eigenvalue weighted by atomic mass is 10.1. The van der Waals surface area contributed by atoms with E-state index in [0.717, 1.165) is 5.56 Å². The second kappa shape index (κ2) is 8.38. The van der Waals surface area contributed by atoms with Gasteiger partial charge in [-0.15, -0.1) is 0 Å². The van der Waals surface area contributed by atoms with Gasteiger partial charge in [0.2, 0.25) is 0 Å². The molecule has 126 valence electrons. The molecule has 1 amide bonds. The highest BCUT2D eigenvalue weighted by Gasteiger charge is 2.14. The minimum Gasteiger partial charge on any atom is -0.455 e. The Balaban J connectivity index is 1.90. The van der Waals surface area contributed by atoms with E-state index in [1.54, 1.807) is 43.3 Å². The number of halogens is 3. The van der Waals surface area contributed by atoms with Crippen LogP contribution < -0.4 is 5.32 Å². The summed E-state index contributed by atoms with van der Waals surface area (Å²) in [5, 5.41) is 3.93. The minimum atomic E-state index is -0.594. The lowest BCUT2D eigenvalue weighted by Gasteiger charge is -2.10. The average Bonchev–Trinajstić information content (AvgIpc) is 2.53. The van der Waals surface area contributed by atoms with Crippen LogP contribution >= 0.6 is 34.8 Å². The Hall–Kier alpha value is -1.75. The maximum absolute atomic E-state index is 11.9. The molecular weight excluding hydrogens is 373 g/mol. The van der Waals surface area contributed by atoms with Gasteiger partial charge < -0.3 is 10.1 Å². The fourth-order valence-electron chi connectivity index (χ4n) is 1.97. The van der Waals surface area contributed by atoms with Gasteiger partial charge in [0.05, 0.1) is 6.42 Å². The lowest BCUT2D eigenvalue weighted by molar-refractivity contribution is -0.146. The molecule has 0 spiro atoms. The molecular formula is C17H14Cl3NO3. The summed E-state index contributed by atoms with van der Waals surface area (Å²) in [6.45, 7) is 1.37. The number of carbonyl (C=O) groups excluding carboxylic acids is 2. The standard InChI is InChI=1S/C17H14Cl3NO3/c1-10-12(18)4-3-7-15(10)21-16(22)9-24-17(23)8-11-13(19)5-2-6-14(11)20/h2-7H,8-9H2,1H3,(H,21,22). The molecule has 0 aliphatic rings. The Morgan fingerprint density at radius 3 is 2.25 bits per heavy atom. The van der Waals surface area contributed by atoms with Gasteiger partial charge in [0.25, 0.3) is 5.91 Å².